The van der Waals surface area contributed by atoms with Crippen LogP contribution in [0.1, 0.15) is 5.56 Å². The van der Waals surface area contributed by atoms with Gasteiger partial charge in [-0.3, -0.25) is 5.32 Å². The molecule has 1 aromatic heterocycles. The molecule has 0 bridgehead atoms. The monoisotopic (exact) mass is 305 g/mol. The zero-order valence-electron chi connectivity index (χ0n) is 11.4. The van der Waals surface area contributed by atoms with E-state index in [9.17, 15) is 9.00 Å². The van der Waals surface area contributed by atoms with Crippen molar-refractivity contribution < 1.29 is 13.7 Å². The van der Waals surface area contributed by atoms with E-state index in [4.69, 9.17) is 9.52 Å². The molecule has 7 heteroatoms. The van der Waals surface area contributed by atoms with Crippen molar-refractivity contribution in [2.75, 3.05) is 11.6 Å². The number of carbonyl (C=O) groups is 1. The number of ether oxygens (including phenoxy) is 1. The molecule has 0 radical (unpaired) electrons. The molecule has 1 heterocycles. The predicted octanol–water partition coefficient (Wildman–Crippen LogP) is 2.87. The Morgan fingerprint density at radius 3 is 2.71 bits per heavy atom. The van der Waals surface area contributed by atoms with E-state index in [0.717, 1.165) is 5.56 Å². The van der Waals surface area contributed by atoms with Gasteiger partial charge in [0.1, 0.15) is 11.6 Å². The van der Waals surface area contributed by atoms with Gasteiger partial charge in [0.25, 0.3) is 0 Å². The van der Waals surface area contributed by atoms with Crippen molar-refractivity contribution in [2.45, 2.75) is 11.6 Å². The van der Waals surface area contributed by atoms with E-state index in [-0.39, 0.29) is 11.6 Å². The van der Waals surface area contributed by atoms with Crippen LogP contribution in [0.5, 0.6) is 0 Å². The molecular formula is C14H15N3O3S. The summed E-state index contributed by atoms with van der Waals surface area (Å²) < 4.78 is 24.1. The lowest BCUT2D eigenvalue weighted by atomic mass is 10.2. The summed E-state index contributed by atoms with van der Waals surface area (Å²) in [4.78, 5) is 15.5. The van der Waals surface area contributed by atoms with Crippen LogP contribution in [0.25, 0.3) is 0 Å². The average molecular weight is 305 g/mol. The van der Waals surface area contributed by atoms with Crippen LogP contribution in [0.2, 0.25) is 0 Å². The molecule has 0 saturated carbocycles. The number of benzene rings is 1. The lowest BCUT2D eigenvalue weighted by Crippen LogP contribution is -2.14. The van der Waals surface area contributed by atoms with Crippen molar-refractivity contribution in [3.63, 3.8) is 0 Å². The number of carbonyl (C=O) groups excluding carboxylic acids is 1. The van der Waals surface area contributed by atoms with E-state index in [1.165, 1.54) is 18.5 Å². The van der Waals surface area contributed by atoms with Crippen molar-refractivity contribution in [1.82, 2.24) is 4.98 Å². The molecule has 6 nitrogen and oxygen atoms in total. The summed E-state index contributed by atoms with van der Waals surface area (Å²) in [6.07, 6.45) is 2.04. The highest BCUT2D eigenvalue weighted by Crippen LogP contribution is 2.13. The number of hydrogen-bond acceptors (Lipinski definition) is 5. The highest BCUT2D eigenvalue weighted by Gasteiger charge is 2.08. The minimum Gasteiger partial charge on any atom is -0.444 e. The Balaban J connectivity index is 1.97. The molecule has 0 saturated heterocycles. The van der Waals surface area contributed by atoms with Gasteiger partial charge < -0.3 is 4.74 Å². The number of amides is 1. The first kappa shape index (κ1) is 15.0. The van der Waals surface area contributed by atoms with Crippen LogP contribution in [-0.2, 0) is 21.1 Å². The van der Waals surface area contributed by atoms with Gasteiger partial charge in [0.2, 0.25) is 0 Å². The van der Waals surface area contributed by atoms with Crippen LogP contribution < -0.4 is 5.32 Å². The maximum Gasteiger partial charge on any atom is 0.411 e. The molecule has 0 fully saturated rings. The molecule has 1 aromatic carbocycles. The summed E-state index contributed by atoms with van der Waals surface area (Å²) in [7, 11) is -2.92. The molecule has 2 N–H and O–H groups in total. The Morgan fingerprint density at radius 1 is 1.33 bits per heavy atom. The van der Waals surface area contributed by atoms with Crippen LogP contribution >= 0.6 is 0 Å². The number of nitrogens with zero attached hydrogens (tertiary/aromatic N) is 1. The summed E-state index contributed by atoms with van der Waals surface area (Å²) in [6, 6.07) is 12.2. The molecule has 2 aromatic rings. The van der Waals surface area contributed by atoms with Gasteiger partial charge in [-0.1, -0.05) is 30.3 Å². The summed E-state index contributed by atoms with van der Waals surface area (Å²) in [5.41, 5.74) is 1.27. The molecule has 1 atom stereocenters. The van der Waals surface area contributed by atoms with Gasteiger partial charge in [0.15, 0.2) is 0 Å². The van der Waals surface area contributed by atoms with E-state index in [0.29, 0.717) is 5.69 Å². The first-order valence-corrected chi connectivity index (χ1v) is 8.09. The summed E-state index contributed by atoms with van der Waals surface area (Å²) >= 11 is 0. The first-order valence-electron chi connectivity index (χ1n) is 6.13. The van der Waals surface area contributed by atoms with Crippen molar-refractivity contribution in [3.8, 4) is 0 Å². The Bertz CT molecular complexity index is 730. The van der Waals surface area contributed by atoms with Gasteiger partial charge in [-0.05, 0) is 17.7 Å². The topological polar surface area (TPSA) is 92.1 Å². The average Bonchev–Trinajstić information content (AvgIpc) is 2.46. The number of aromatic nitrogens is 1. The normalized spacial score (nSPS) is 13.2. The Labute approximate surface area is 123 Å². The molecule has 2 rings (SSSR count). The Hall–Kier alpha value is -2.41. The zero-order chi connectivity index (χ0) is 15.3. The maximum atomic E-state index is 11.7. The fourth-order valence-corrected chi connectivity index (χ4v) is 2.19. The number of pyridine rings is 1. The fraction of sp³-hybridized carbons (Fsp3) is 0.143. The van der Waals surface area contributed by atoms with E-state index in [1.54, 1.807) is 6.07 Å². The Morgan fingerprint density at radius 2 is 2.05 bits per heavy atom. The molecule has 0 aliphatic carbocycles. The molecular weight excluding hydrogens is 290 g/mol. The standard InChI is InChI=1S/C14H15N3O3S/c1-21(15,19)13-9-12(7-8-16-13)17-14(18)20-10-11-5-3-2-4-6-11/h2-9,15H,10H2,1H3,(H,16,17,18)/t21-/m1/s1. The smallest absolute Gasteiger partial charge is 0.411 e. The van der Waals surface area contributed by atoms with E-state index in [1.807, 2.05) is 30.3 Å². The van der Waals surface area contributed by atoms with Crippen molar-refractivity contribution in [3.05, 3.63) is 54.2 Å². The van der Waals surface area contributed by atoms with E-state index >= 15 is 0 Å². The third kappa shape index (κ3) is 4.57. The van der Waals surface area contributed by atoms with Crippen molar-refractivity contribution in [2.24, 2.45) is 0 Å². The largest absolute Gasteiger partial charge is 0.444 e. The van der Waals surface area contributed by atoms with Gasteiger partial charge in [-0.25, -0.2) is 18.8 Å². The third-order valence-corrected chi connectivity index (χ3v) is 3.61. The van der Waals surface area contributed by atoms with Crippen LogP contribution in [0, 0.1) is 4.78 Å². The molecule has 0 aliphatic heterocycles. The first-order chi connectivity index (χ1) is 9.95. The summed E-state index contributed by atoms with van der Waals surface area (Å²) in [5, 5.41) is 2.63. The Kier molecular flexibility index (Phi) is 4.54. The van der Waals surface area contributed by atoms with Gasteiger partial charge in [0.05, 0.1) is 9.73 Å². The van der Waals surface area contributed by atoms with Crippen LogP contribution in [-0.4, -0.2) is 21.5 Å². The molecule has 0 unspecified atom stereocenters. The highest BCUT2D eigenvalue weighted by molar-refractivity contribution is 7.91. The molecule has 110 valence electrons. The molecule has 21 heavy (non-hydrogen) atoms. The number of rotatable bonds is 4. The quantitative estimate of drug-likeness (QED) is 0.908. The summed E-state index contributed by atoms with van der Waals surface area (Å²) in [5.74, 6) is 0. The lowest BCUT2D eigenvalue weighted by molar-refractivity contribution is 0.155. The zero-order valence-corrected chi connectivity index (χ0v) is 12.2. The third-order valence-electron chi connectivity index (χ3n) is 2.59. The maximum absolute atomic E-state index is 11.7. The predicted molar refractivity (Wildman–Crippen MR) is 79.5 cm³/mol. The van der Waals surface area contributed by atoms with Crippen molar-refractivity contribution in [1.29, 1.82) is 4.78 Å². The molecule has 0 spiro atoms. The van der Waals surface area contributed by atoms with Gasteiger partial charge in [-0.15, -0.1) is 0 Å². The second kappa shape index (κ2) is 6.36. The van der Waals surface area contributed by atoms with Crippen LogP contribution in [0.15, 0.2) is 53.7 Å². The number of hydrogen-bond donors (Lipinski definition) is 2. The minimum absolute atomic E-state index is 0.114. The molecule has 0 aliphatic rings. The van der Waals surface area contributed by atoms with Crippen LogP contribution in [0.4, 0.5) is 10.5 Å². The van der Waals surface area contributed by atoms with E-state index < -0.39 is 15.8 Å². The second-order valence-electron chi connectivity index (χ2n) is 4.41. The highest BCUT2D eigenvalue weighted by atomic mass is 32.2. The molecule has 1 amide bonds. The second-order valence-corrected chi connectivity index (χ2v) is 6.52. The van der Waals surface area contributed by atoms with Crippen LogP contribution in [0.3, 0.4) is 0 Å². The number of anilines is 1. The van der Waals surface area contributed by atoms with Crippen molar-refractivity contribution >= 4 is 21.5 Å². The van der Waals surface area contributed by atoms with Gasteiger partial charge >= 0.3 is 6.09 Å². The SMILES string of the molecule is C[S@@](=N)(=O)c1cc(NC(=O)OCc2ccccc2)ccn1. The van der Waals surface area contributed by atoms with E-state index in [2.05, 4.69) is 10.3 Å². The van der Waals surface area contributed by atoms with Gasteiger partial charge in [-0.2, -0.15) is 0 Å². The number of nitrogens with one attached hydrogen (secondary N) is 2. The minimum atomic E-state index is -2.92. The van der Waals surface area contributed by atoms with Gasteiger partial charge in [0, 0.05) is 18.1 Å². The summed E-state index contributed by atoms with van der Waals surface area (Å²) in [6.45, 7) is 0.160. The lowest BCUT2D eigenvalue weighted by Gasteiger charge is -2.08. The fourth-order valence-electron chi connectivity index (χ4n) is 1.58.